The molecule has 0 N–H and O–H groups in total. The Kier molecular flexibility index (Phi) is 1.08. The van der Waals surface area contributed by atoms with Crippen LogP contribution in [0, 0.1) is 0 Å². The molecule has 1 aliphatic heterocycles. The number of nitrogens with zero attached hydrogens (tertiary/aromatic N) is 3. The molecule has 0 unspecified atom stereocenters. The molecule has 0 aliphatic carbocycles. The molecule has 0 bridgehead atoms. The minimum atomic E-state index is -3.49. The van der Waals surface area contributed by atoms with Crippen molar-refractivity contribution in [1.29, 1.82) is 0 Å². The molecule has 1 aromatic heterocycles. The molecule has 0 aromatic carbocycles. The molecule has 0 fully saturated rings. The largest absolute Gasteiger partial charge is 0.300 e. The van der Waals surface area contributed by atoms with Crippen molar-refractivity contribution in [3.8, 4) is 0 Å². The molecule has 0 saturated heterocycles. The number of hydrogen-bond donors (Lipinski definition) is 0. The molecule has 6 heteroatoms. The van der Waals surface area contributed by atoms with Gasteiger partial charge in [-0.2, -0.15) is 12.8 Å². The molecule has 56 valence electrons. The van der Waals surface area contributed by atoms with Crippen LogP contribution in [0.4, 0.5) is 0 Å². The fourth-order valence-corrected chi connectivity index (χ4v) is 1.75. The zero-order valence-corrected chi connectivity index (χ0v) is 6.11. The first-order valence-corrected chi connectivity index (χ1v) is 4.24. The highest BCUT2D eigenvalue weighted by molar-refractivity contribution is 7.90. The maximum absolute atomic E-state index is 11.0. The molecule has 0 amide bonds. The van der Waals surface area contributed by atoms with E-state index in [1.165, 1.54) is 18.7 Å². The number of aromatic nitrogens is 2. The topological polar surface area (TPSA) is 72.3 Å². The third kappa shape index (κ3) is 0.829. The molecule has 0 spiro atoms. The van der Waals surface area contributed by atoms with Gasteiger partial charge in [-0.05, 0) is 0 Å². The summed E-state index contributed by atoms with van der Waals surface area (Å²) in [6.45, 7) is 0. The second kappa shape index (κ2) is 1.85. The Labute approximate surface area is 62.9 Å². The van der Waals surface area contributed by atoms with Crippen molar-refractivity contribution in [3.05, 3.63) is 18.1 Å². The summed E-state index contributed by atoms with van der Waals surface area (Å²) in [5.74, 6) is 0. The summed E-state index contributed by atoms with van der Waals surface area (Å²) in [4.78, 5) is 7.24. The Morgan fingerprint density at radius 3 is 2.91 bits per heavy atom. The van der Waals surface area contributed by atoms with E-state index in [0.717, 1.165) is 0 Å². The molecule has 0 radical (unpaired) electrons. The Hall–Kier alpha value is -1.30. The Morgan fingerprint density at radius 2 is 2.18 bits per heavy atom. The molecule has 2 rings (SSSR count). The van der Waals surface area contributed by atoms with E-state index in [2.05, 4.69) is 14.4 Å². The van der Waals surface area contributed by atoms with Crippen LogP contribution in [0.5, 0.6) is 0 Å². The van der Waals surface area contributed by atoms with Gasteiger partial charge >= 0.3 is 10.0 Å². The van der Waals surface area contributed by atoms with Crippen molar-refractivity contribution in [1.82, 2.24) is 9.97 Å². The molecule has 0 atom stereocenters. The SMILES string of the molecule is O=S1(=O)N=Cc2cncnc21. The molecule has 5 nitrogen and oxygen atoms in total. The van der Waals surface area contributed by atoms with Gasteiger partial charge in [0.15, 0.2) is 5.03 Å². The summed E-state index contributed by atoms with van der Waals surface area (Å²) < 4.78 is 25.2. The zero-order chi connectivity index (χ0) is 7.90. The van der Waals surface area contributed by atoms with Crippen LogP contribution < -0.4 is 0 Å². The van der Waals surface area contributed by atoms with E-state index in [4.69, 9.17) is 0 Å². The van der Waals surface area contributed by atoms with Gasteiger partial charge in [-0.3, -0.25) is 0 Å². The van der Waals surface area contributed by atoms with Crippen molar-refractivity contribution in [3.63, 3.8) is 0 Å². The van der Waals surface area contributed by atoms with Gasteiger partial charge in [0.25, 0.3) is 0 Å². The average molecular weight is 169 g/mol. The van der Waals surface area contributed by atoms with E-state index in [1.807, 2.05) is 0 Å². The zero-order valence-electron chi connectivity index (χ0n) is 5.30. The van der Waals surface area contributed by atoms with Crippen LogP contribution in [0.1, 0.15) is 5.56 Å². The second-order valence-corrected chi connectivity index (χ2v) is 3.54. The molecule has 1 aromatic rings. The van der Waals surface area contributed by atoms with Crippen LogP contribution in [0.15, 0.2) is 21.9 Å². The lowest BCUT2D eigenvalue weighted by Gasteiger charge is -1.90. The fourth-order valence-electron chi connectivity index (χ4n) is 0.809. The van der Waals surface area contributed by atoms with Gasteiger partial charge in [0, 0.05) is 6.20 Å². The summed E-state index contributed by atoms with van der Waals surface area (Å²) in [6, 6.07) is 0. The number of rotatable bonds is 0. The smallest absolute Gasteiger partial charge is 0.244 e. The van der Waals surface area contributed by atoms with Crippen LogP contribution in [0.3, 0.4) is 0 Å². The van der Waals surface area contributed by atoms with Crippen molar-refractivity contribution in [2.75, 3.05) is 0 Å². The number of sulfonamides is 1. The normalized spacial score (nSPS) is 18.2. The van der Waals surface area contributed by atoms with Crippen LogP contribution >= 0.6 is 0 Å². The maximum Gasteiger partial charge on any atom is 0.300 e. The van der Waals surface area contributed by atoms with Gasteiger partial charge < -0.3 is 0 Å². The number of hydrogen-bond acceptors (Lipinski definition) is 4. The van der Waals surface area contributed by atoms with Crippen molar-refractivity contribution >= 4 is 16.2 Å². The fraction of sp³-hybridized carbons (Fsp3) is 0. The number of fused-ring (bicyclic) bond motifs is 1. The van der Waals surface area contributed by atoms with Crippen LogP contribution in [-0.2, 0) is 10.0 Å². The van der Waals surface area contributed by atoms with Crippen LogP contribution in [0.2, 0.25) is 0 Å². The third-order valence-corrected chi connectivity index (χ3v) is 2.49. The van der Waals surface area contributed by atoms with Gasteiger partial charge in [-0.1, -0.05) is 0 Å². The first-order valence-electron chi connectivity index (χ1n) is 2.80. The first-order chi connectivity index (χ1) is 5.20. The first kappa shape index (κ1) is 6.41. The van der Waals surface area contributed by atoms with Crippen molar-refractivity contribution in [2.24, 2.45) is 4.40 Å². The lowest BCUT2D eigenvalue weighted by atomic mass is 10.4. The highest BCUT2D eigenvalue weighted by Crippen LogP contribution is 2.17. The van der Waals surface area contributed by atoms with Crippen LogP contribution in [0.25, 0.3) is 0 Å². The van der Waals surface area contributed by atoms with E-state index in [-0.39, 0.29) is 5.03 Å². The van der Waals surface area contributed by atoms with Gasteiger partial charge in [-0.15, -0.1) is 0 Å². The molecular weight excluding hydrogens is 166 g/mol. The Bertz CT molecular complexity index is 423. The maximum atomic E-state index is 11.0. The summed E-state index contributed by atoms with van der Waals surface area (Å²) in [5.41, 5.74) is 0.451. The third-order valence-electron chi connectivity index (χ3n) is 1.28. The van der Waals surface area contributed by atoms with Gasteiger partial charge in [0.05, 0.1) is 11.8 Å². The minimum Gasteiger partial charge on any atom is -0.244 e. The molecule has 1 aliphatic rings. The molecule has 2 heterocycles. The van der Waals surface area contributed by atoms with Gasteiger partial charge in [0.2, 0.25) is 0 Å². The van der Waals surface area contributed by atoms with Crippen molar-refractivity contribution in [2.45, 2.75) is 5.03 Å². The summed E-state index contributed by atoms with van der Waals surface area (Å²) in [7, 11) is -3.49. The quantitative estimate of drug-likeness (QED) is 0.495. The van der Waals surface area contributed by atoms with Gasteiger partial charge in [0.1, 0.15) is 6.33 Å². The summed E-state index contributed by atoms with van der Waals surface area (Å²) in [5, 5.41) is -0.00694. The van der Waals surface area contributed by atoms with E-state index in [0.29, 0.717) is 5.56 Å². The highest BCUT2D eigenvalue weighted by Gasteiger charge is 2.23. The minimum absolute atomic E-state index is 0.00694. The predicted octanol–water partition coefficient (Wildman–Crippen LogP) is -0.402. The molecular formula is C5H3N3O2S. The summed E-state index contributed by atoms with van der Waals surface area (Å²) >= 11 is 0. The summed E-state index contributed by atoms with van der Waals surface area (Å²) in [6.07, 6.45) is 3.84. The lowest BCUT2D eigenvalue weighted by Crippen LogP contribution is -1.97. The standard InChI is InChI=1S/C5H3N3O2S/c9-11(10)5-4(2-8-11)1-6-3-7-5/h1-3H. The lowest BCUT2D eigenvalue weighted by molar-refractivity contribution is 0.595. The van der Waals surface area contributed by atoms with E-state index in [1.54, 1.807) is 0 Å². The monoisotopic (exact) mass is 169 g/mol. The Morgan fingerprint density at radius 1 is 1.36 bits per heavy atom. The Balaban J connectivity index is 2.84. The van der Waals surface area contributed by atoms with E-state index < -0.39 is 10.0 Å². The molecule has 11 heavy (non-hydrogen) atoms. The second-order valence-electron chi connectivity index (χ2n) is 1.99. The molecule has 0 saturated carbocycles. The predicted molar refractivity (Wildman–Crippen MR) is 36.8 cm³/mol. The highest BCUT2D eigenvalue weighted by atomic mass is 32.2. The van der Waals surface area contributed by atoms with Crippen LogP contribution in [-0.4, -0.2) is 24.6 Å². The van der Waals surface area contributed by atoms with E-state index >= 15 is 0 Å². The van der Waals surface area contributed by atoms with Gasteiger partial charge in [-0.25, -0.2) is 9.97 Å². The average Bonchev–Trinajstić information content (AvgIpc) is 2.29. The van der Waals surface area contributed by atoms with Crippen molar-refractivity contribution < 1.29 is 8.42 Å². The van der Waals surface area contributed by atoms with E-state index in [9.17, 15) is 8.42 Å².